The van der Waals surface area contributed by atoms with E-state index in [0.717, 1.165) is 11.5 Å². The van der Waals surface area contributed by atoms with Crippen LogP contribution in [0.25, 0.3) is 32.1 Å². The first-order valence-corrected chi connectivity index (χ1v) is 12.8. The van der Waals surface area contributed by atoms with E-state index in [4.69, 9.17) is 4.74 Å². The SMILES string of the molecule is Cc1ccc2c3c(sc2c1-c1cccc[n+]1C)B(c1ccccc1)c1c(ccc2ccccc12)O3. The average Bonchev–Trinajstić information content (AvgIpc) is 3.26. The quantitative estimate of drug-likeness (QED) is 0.242. The molecular weight excluding hydrogens is 445 g/mol. The molecule has 3 heterocycles. The van der Waals surface area contributed by atoms with Crippen molar-refractivity contribution in [1.29, 1.82) is 0 Å². The zero-order valence-electron chi connectivity index (χ0n) is 19.7. The van der Waals surface area contributed by atoms with Crippen LogP contribution in [-0.2, 0) is 7.05 Å². The van der Waals surface area contributed by atoms with E-state index in [1.165, 1.54) is 53.4 Å². The molecule has 2 nitrogen and oxygen atoms in total. The Labute approximate surface area is 209 Å². The van der Waals surface area contributed by atoms with Crippen LogP contribution >= 0.6 is 11.3 Å². The number of pyridine rings is 1. The summed E-state index contributed by atoms with van der Waals surface area (Å²) in [6.45, 7) is 2.33. The zero-order chi connectivity index (χ0) is 23.5. The predicted molar refractivity (Wildman–Crippen MR) is 148 cm³/mol. The minimum Gasteiger partial charge on any atom is -0.457 e. The van der Waals surface area contributed by atoms with Gasteiger partial charge in [-0.15, -0.1) is 11.3 Å². The topological polar surface area (TPSA) is 13.1 Å². The highest BCUT2D eigenvalue weighted by atomic mass is 32.1. The van der Waals surface area contributed by atoms with Crippen molar-refractivity contribution in [2.24, 2.45) is 7.05 Å². The molecule has 4 heteroatoms. The Morgan fingerprint density at radius 3 is 2.43 bits per heavy atom. The molecule has 0 fully saturated rings. The van der Waals surface area contributed by atoms with E-state index in [9.17, 15) is 0 Å². The van der Waals surface area contributed by atoms with Gasteiger partial charge in [0, 0.05) is 22.3 Å². The molecular formula is C31H23BNOS+. The molecule has 0 radical (unpaired) electrons. The van der Waals surface area contributed by atoms with Gasteiger partial charge in [-0.3, -0.25) is 0 Å². The molecule has 0 N–H and O–H groups in total. The molecule has 0 bridgehead atoms. The Balaban J connectivity index is 1.58. The fourth-order valence-electron chi connectivity index (χ4n) is 5.52. The first kappa shape index (κ1) is 20.5. The van der Waals surface area contributed by atoms with Crippen molar-refractivity contribution < 1.29 is 9.30 Å². The van der Waals surface area contributed by atoms with Gasteiger partial charge in [-0.05, 0) is 46.9 Å². The van der Waals surface area contributed by atoms with Gasteiger partial charge in [-0.1, -0.05) is 72.2 Å². The Bertz CT molecular complexity index is 1760. The number of benzene rings is 4. The molecule has 0 amide bonds. The monoisotopic (exact) mass is 468 g/mol. The molecule has 7 rings (SSSR count). The zero-order valence-corrected chi connectivity index (χ0v) is 20.5. The average molecular weight is 468 g/mol. The number of rotatable bonds is 2. The number of fused-ring (bicyclic) bond motifs is 6. The van der Waals surface area contributed by atoms with Gasteiger partial charge in [0.15, 0.2) is 6.20 Å². The Morgan fingerprint density at radius 1 is 0.771 bits per heavy atom. The highest BCUT2D eigenvalue weighted by Crippen LogP contribution is 2.42. The maximum Gasteiger partial charge on any atom is 0.264 e. The van der Waals surface area contributed by atoms with Crippen molar-refractivity contribution in [3.8, 4) is 22.8 Å². The first-order valence-electron chi connectivity index (χ1n) is 12.0. The lowest BCUT2D eigenvalue weighted by molar-refractivity contribution is -0.660. The van der Waals surface area contributed by atoms with Crippen LogP contribution in [0.4, 0.5) is 0 Å². The van der Waals surface area contributed by atoms with Crippen LogP contribution in [-0.4, -0.2) is 6.71 Å². The molecule has 35 heavy (non-hydrogen) atoms. The number of hydrogen-bond donors (Lipinski definition) is 0. The molecule has 0 saturated carbocycles. The van der Waals surface area contributed by atoms with Crippen molar-refractivity contribution in [3.63, 3.8) is 0 Å². The van der Waals surface area contributed by atoms with E-state index >= 15 is 0 Å². The number of nitrogens with zero attached hydrogens (tertiary/aromatic N) is 1. The summed E-state index contributed by atoms with van der Waals surface area (Å²) in [5, 5.41) is 3.69. The molecule has 0 aliphatic carbocycles. The van der Waals surface area contributed by atoms with Gasteiger partial charge < -0.3 is 4.74 Å². The maximum atomic E-state index is 6.76. The van der Waals surface area contributed by atoms with E-state index in [2.05, 4.69) is 122 Å². The third-order valence-corrected chi connectivity index (χ3v) is 8.45. The van der Waals surface area contributed by atoms with Crippen LogP contribution in [0.2, 0.25) is 0 Å². The fourth-order valence-corrected chi connectivity index (χ4v) is 6.99. The molecule has 0 atom stereocenters. The molecule has 4 aromatic carbocycles. The Morgan fingerprint density at radius 2 is 1.57 bits per heavy atom. The first-order chi connectivity index (χ1) is 17.2. The summed E-state index contributed by atoms with van der Waals surface area (Å²) in [4.78, 5) is 0. The summed E-state index contributed by atoms with van der Waals surface area (Å²) < 4.78 is 11.5. The van der Waals surface area contributed by atoms with Crippen LogP contribution < -0.4 is 25.0 Å². The highest BCUT2D eigenvalue weighted by molar-refractivity contribution is 7.33. The molecule has 1 aliphatic heterocycles. The van der Waals surface area contributed by atoms with Crippen molar-refractivity contribution in [2.45, 2.75) is 6.92 Å². The second kappa shape index (κ2) is 7.83. The van der Waals surface area contributed by atoms with E-state index in [-0.39, 0.29) is 6.71 Å². The predicted octanol–water partition coefficient (Wildman–Crippen LogP) is 5.48. The standard InChI is InChI=1S/C31H23BNOS/c1-20-15-17-24-29-31(35-30(24)27(20)25-14-8-9-19-33(25)2)32(22-11-4-3-5-12-22)28-23-13-7-6-10-21(23)16-18-26(28)34-29/h3-19H,1-2H3/q+1. The van der Waals surface area contributed by atoms with Gasteiger partial charge in [-0.25, -0.2) is 4.57 Å². The second-order valence-electron chi connectivity index (χ2n) is 9.27. The van der Waals surface area contributed by atoms with E-state index in [1.807, 2.05) is 11.3 Å². The smallest absolute Gasteiger partial charge is 0.264 e. The van der Waals surface area contributed by atoms with Gasteiger partial charge in [0.2, 0.25) is 5.69 Å². The molecule has 6 aromatic rings. The normalized spacial score (nSPS) is 12.5. The van der Waals surface area contributed by atoms with Crippen LogP contribution in [0.15, 0.2) is 103 Å². The molecule has 2 aromatic heterocycles. The summed E-state index contributed by atoms with van der Waals surface area (Å²) >= 11 is 1.88. The number of aromatic nitrogens is 1. The van der Waals surface area contributed by atoms with Gasteiger partial charge >= 0.3 is 0 Å². The van der Waals surface area contributed by atoms with Gasteiger partial charge in [0.1, 0.15) is 18.5 Å². The Kier molecular flexibility index (Phi) is 4.58. The lowest BCUT2D eigenvalue weighted by atomic mass is 9.38. The number of thiophene rings is 1. The lowest BCUT2D eigenvalue weighted by Crippen LogP contribution is -2.53. The van der Waals surface area contributed by atoms with Crippen LogP contribution in [0.1, 0.15) is 5.56 Å². The van der Waals surface area contributed by atoms with Crippen molar-refractivity contribution in [2.75, 3.05) is 0 Å². The van der Waals surface area contributed by atoms with Crippen LogP contribution in [0.3, 0.4) is 0 Å². The largest absolute Gasteiger partial charge is 0.457 e. The maximum absolute atomic E-state index is 6.76. The van der Waals surface area contributed by atoms with Crippen molar-refractivity contribution in [1.82, 2.24) is 0 Å². The minimum absolute atomic E-state index is 0.121. The lowest BCUT2D eigenvalue weighted by Gasteiger charge is -2.26. The summed E-state index contributed by atoms with van der Waals surface area (Å²) in [5.74, 6) is 1.96. The van der Waals surface area contributed by atoms with Crippen molar-refractivity contribution in [3.05, 3.63) is 109 Å². The highest BCUT2D eigenvalue weighted by Gasteiger charge is 2.37. The third kappa shape index (κ3) is 3.07. The molecule has 0 saturated heterocycles. The van der Waals surface area contributed by atoms with Crippen LogP contribution in [0.5, 0.6) is 11.5 Å². The van der Waals surface area contributed by atoms with E-state index in [1.54, 1.807) is 0 Å². The van der Waals surface area contributed by atoms with Gasteiger partial charge in [-0.2, -0.15) is 0 Å². The Hall–Kier alpha value is -3.89. The molecule has 166 valence electrons. The fraction of sp³-hybridized carbons (Fsp3) is 0.0645. The second-order valence-corrected chi connectivity index (χ2v) is 10.3. The summed E-state index contributed by atoms with van der Waals surface area (Å²) in [5.41, 5.74) is 6.33. The van der Waals surface area contributed by atoms with Gasteiger partial charge in [0.25, 0.3) is 6.71 Å². The number of hydrogen-bond acceptors (Lipinski definition) is 2. The summed E-state index contributed by atoms with van der Waals surface area (Å²) in [6, 6.07) is 34.7. The minimum atomic E-state index is 0.121. The third-order valence-electron chi connectivity index (χ3n) is 7.18. The number of ether oxygens (including phenoxy) is 1. The molecule has 0 spiro atoms. The van der Waals surface area contributed by atoms with Crippen LogP contribution in [0, 0.1) is 6.92 Å². The summed E-state index contributed by atoms with van der Waals surface area (Å²) in [6.07, 6.45) is 2.12. The van der Waals surface area contributed by atoms with E-state index in [0.29, 0.717) is 0 Å². The van der Waals surface area contributed by atoms with Crippen molar-refractivity contribution >= 4 is 54.6 Å². The molecule has 1 aliphatic rings. The van der Waals surface area contributed by atoms with Gasteiger partial charge in [0.05, 0.1) is 10.3 Å². The molecule has 0 unspecified atom stereocenters. The summed E-state index contributed by atoms with van der Waals surface area (Å²) in [7, 11) is 2.12. The van der Waals surface area contributed by atoms with E-state index < -0.39 is 0 Å². The number of aryl methyl sites for hydroxylation is 2.